The minimum atomic E-state index is 0.0163. The van der Waals surface area contributed by atoms with Gasteiger partial charge in [0.15, 0.2) is 0 Å². The van der Waals surface area contributed by atoms with Gasteiger partial charge in [0, 0.05) is 19.1 Å². The summed E-state index contributed by atoms with van der Waals surface area (Å²) in [5.74, 6) is 0.932. The predicted octanol–water partition coefficient (Wildman–Crippen LogP) is 0.494. The summed E-state index contributed by atoms with van der Waals surface area (Å²) in [7, 11) is 0. The van der Waals surface area contributed by atoms with Crippen molar-refractivity contribution in [2.45, 2.75) is 39.3 Å². The van der Waals surface area contributed by atoms with Crippen molar-refractivity contribution in [1.82, 2.24) is 15.1 Å². The zero-order valence-corrected chi connectivity index (χ0v) is 10.6. The quantitative estimate of drug-likeness (QED) is 0.759. The van der Waals surface area contributed by atoms with Gasteiger partial charge >= 0.3 is 0 Å². The van der Waals surface area contributed by atoms with Gasteiger partial charge in [0.1, 0.15) is 0 Å². The molecule has 2 fully saturated rings. The first-order valence-electron chi connectivity index (χ1n) is 6.34. The maximum absolute atomic E-state index is 11.8. The molecule has 2 unspecified atom stereocenters. The first-order chi connectivity index (χ1) is 7.58. The van der Waals surface area contributed by atoms with E-state index in [0.717, 1.165) is 19.8 Å². The molecular weight excluding hydrogens is 202 g/mol. The maximum Gasteiger partial charge on any atom is 0.240 e. The highest BCUT2D eigenvalue weighted by molar-refractivity contribution is 5.83. The third-order valence-corrected chi connectivity index (χ3v) is 3.80. The third-order valence-electron chi connectivity index (χ3n) is 3.80. The van der Waals surface area contributed by atoms with Crippen LogP contribution < -0.4 is 5.32 Å². The molecule has 2 aliphatic rings. The molecule has 1 N–H and O–H groups in total. The molecule has 92 valence electrons. The topological polar surface area (TPSA) is 35.6 Å². The molecule has 1 amide bonds. The van der Waals surface area contributed by atoms with E-state index in [0.29, 0.717) is 12.0 Å². The van der Waals surface area contributed by atoms with E-state index < -0.39 is 0 Å². The lowest BCUT2D eigenvalue weighted by Gasteiger charge is -2.22. The van der Waals surface area contributed by atoms with Gasteiger partial charge < -0.3 is 9.80 Å². The van der Waals surface area contributed by atoms with E-state index in [2.05, 4.69) is 24.1 Å². The summed E-state index contributed by atoms with van der Waals surface area (Å²) in [6.07, 6.45) is 1.23. The lowest BCUT2D eigenvalue weighted by atomic mass is 10.1. The van der Waals surface area contributed by atoms with E-state index in [1.165, 1.54) is 13.0 Å². The van der Waals surface area contributed by atoms with Crippen LogP contribution in [0.4, 0.5) is 0 Å². The molecule has 2 atom stereocenters. The van der Waals surface area contributed by atoms with Crippen LogP contribution in [0.1, 0.15) is 27.2 Å². The minimum absolute atomic E-state index is 0.0163. The Morgan fingerprint density at radius 2 is 2.25 bits per heavy atom. The number of nitrogens with one attached hydrogen (secondary N) is 1. The van der Waals surface area contributed by atoms with Crippen LogP contribution in [-0.4, -0.2) is 54.1 Å². The van der Waals surface area contributed by atoms with Crippen LogP contribution in [0.15, 0.2) is 0 Å². The maximum atomic E-state index is 11.8. The van der Waals surface area contributed by atoms with E-state index in [1.807, 2.05) is 11.8 Å². The molecule has 4 heteroatoms. The number of nitrogens with zero attached hydrogens (tertiary/aromatic N) is 2. The SMILES string of the molecule is CC1NCN(CC2CCN(C(C)C)C2)C1=O. The summed E-state index contributed by atoms with van der Waals surface area (Å²) >= 11 is 0. The van der Waals surface area contributed by atoms with Crippen molar-refractivity contribution in [3.05, 3.63) is 0 Å². The van der Waals surface area contributed by atoms with Gasteiger partial charge in [-0.15, -0.1) is 0 Å². The first kappa shape index (κ1) is 11.9. The van der Waals surface area contributed by atoms with Crippen molar-refractivity contribution in [1.29, 1.82) is 0 Å². The van der Waals surface area contributed by atoms with Crippen molar-refractivity contribution >= 4 is 5.91 Å². The zero-order chi connectivity index (χ0) is 11.7. The summed E-state index contributed by atoms with van der Waals surface area (Å²) in [5.41, 5.74) is 0. The van der Waals surface area contributed by atoms with Crippen molar-refractivity contribution in [3.8, 4) is 0 Å². The lowest BCUT2D eigenvalue weighted by Crippen LogP contribution is -2.35. The van der Waals surface area contributed by atoms with E-state index in [-0.39, 0.29) is 11.9 Å². The summed E-state index contributed by atoms with van der Waals surface area (Å²) in [6.45, 7) is 10.4. The predicted molar refractivity (Wildman–Crippen MR) is 64.0 cm³/mol. The number of hydrogen-bond acceptors (Lipinski definition) is 3. The van der Waals surface area contributed by atoms with E-state index in [1.54, 1.807) is 0 Å². The normalized spacial score (nSPS) is 32.0. The second-order valence-electron chi connectivity index (χ2n) is 5.39. The molecule has 0 saturated carbocycles. The third kappa shape index (κ3) is 2.38. The first-order valence-corrected chi connectivity index (χ1v) is 6.34. The molecule has 16 heavy (non-hydrogen) atoms. The number of carbonyl (C=O) groups is 1. The fourth-order valence-electron chi connectivity index (χ4n) is 2.63. The van der Waals surface area contributed by atoms with Crippen LogP contribution in [-0.2, 0) is 4.79 Å². The Hall–Kier alpha value is -0.610. The lowest BCUT2D eigenvalue weighted by molar-refractivity contribution is -0.129. The van der Waals surface area contributed by atoms with Gasteiger partial charge in [-0.25, -0.2) is 0 Å². The number of carbonyl (C=O) groups excluding carboxylic acids is 1. The number of amides is 1. The molecule has 2 aliphatic heterocycles. The van der Waals surface area contributed by atoms with Crippen molar-refractivity contribution < 1.29 is 4.79 Å². The molecule has 0 aromatic carbocycles. The summed E-state index contributed by atoms with van der Waals surface area (Å²) < 4.78 is 0. The molecule has 2 heterocycles. The van der Waals surface area contributed by atoms with Crippen LogP contribution in [0.2, 0.25) is 0 Å². The van der Waals surface area contributed by atoms with Crippen LogP contribution >= 0.6 is 0 Å². The standard InChI is InChI=1S/C12H23N3O/c1-9(2)14-5-4-11(6-14)7-15-8-13-10(3)12(15)16/h9-11,13H,4-8H2,1-3H3. The number of hydrogen-bond donors (Lipinski definition) is 1. The number of likely N-dealkylation sites (tertiary alicyclic amines) is 1. The van der Waals surface area contributed by atoms with Gasteiger partial charge in [-0.1, -0.05) is 0 Å². The average molecular weight is 225 g/mol. The van der Waals surface area contributed by atoms with Crippen molar-refractivity contribution in [2.75, 3.05) is 26.3 Å². The summed E-state index contributed by atoms with van der Waals surface area (Å²) in [4.78, 5) is 16.2. The number of rotatable bonds is 3. The van der Waals surface area contributed by atoms with Gasteiger partial charge in [-0.2, -0.15) is 0 Å². The Labute approximate surface area is 98.0 Å². The molecule has 0 aliphatic carbocycles. The van der Waals surface area contributed by atoms with Crippen LogP contribution in [0.5, 0.6) is 0 Å². The van der Waals surface area contributed by atoms with E-state index in [9.17, 15) is 4.79 Å². The molecule has 0 aromatic heterocycles. The van der Waals surface area contributed by atoms with Gasteiger partial charge in [-0.3, -0.25) is 10.1 Å². The second-order valence-corrected chi connectivity index (χ2v) is 5.39. The Balaban J connectivity index is 1.81. The largest absolute Gasteiger partial charge is 0.328 e. The summed E-state index contributed by atoms with van der Waals surface area (Å²) in [6, 6.07) is 0.652. The monoisotopic (exact) mass is 225 g/mol. The highest BCUT2D eigenvalue weighted by atomic mass is 16.2. The van der Waals surface area contributed by atoms with Crippen LogP contribution in [0.3, 0.4) is 0 Å². The molecule has 0 bridgehead atoms. The summed E-state index contributed by atoms with van der Waals surface area (Å²) in [5, 5.41) is 3.19. The fraction of sp³-hybridized carbons (Fsp3) is 0.917. The van der Waals surface area contributed by atoms with Gasteiger partial charge in [0.05, 0.1) is 12.7 Å². The molecule has 0 spiro atoms. The molecular formula is C12H23N3O. The van der Waals surface area contributed by atoms with Crippen molar-refractivity contribution in [3.63, 3.8) is 0 Å². The molecule has 2 saturated heterocycles. The van der Waals surface area contributed by atoms with Gasteiger partial charge in [-0.05, 0) is 39.7 Å². The van der Waals surface area contributed by atoms with Gasteiger partial charge in [0.25, 0.3) is 0 Å². The molecule has 0 radical (unpaired) electrons. The molecule has 0 aromatic rings. The molecule has 4 nitrogen and oxygen atoms in total. The smallest absolute Gasteiger partial charge is 0.240 e. The Morgan fingerprint density at radius 3 is 2.75 bits per heavy atom. The Bertz CT molecular complexity index is 267. The highest BCUT2D eigenvalue weighted by Crippen LogP contribution is 2.20. The average Bonchev–Trinajstić information content (AvgIpc) is 2.81. The van der Waals surface area contributed by atoms with Crippen molar-refractivity contribution in [2.24, 2.45) is 5.92 Å². The second kappa shape index (κ2) is 4.72. The highest BCUT2D eigenvalue weighted by Gasteiger charge is 2.32. The van der Waals surface area contributed by atoms with E-state index in [4.69, 9.17) is 0 Å². The van der Waals surface area contributed by atoms with Crippen LogP contribution in [0.25, 0.3) is 0 Å². The minimum Gasteiger partial charge on any atom is -0.328 e. The Morgan fingerprint density at radius 1 is 1.50 bits per heavy atom. The van der Waals surface area contributed by atoms with Crippen LogP contribution in [0, 0.1) is 5.92 Å². The zero-order valence-electron chi connectivity index (χ0n) is 10.6. The Kier molecular flexibility index (Phi) is 3.50. The van der Waals surface area contributed by atoms with E-state index >= 15 is 0 Å². The van der Waals surface area contributed by atoms with Gasteiger partial charge in [0.2, 0.25) is 5.91 Å². The fourth-order valence-corrected chi connectivity index (χ4v) is 2.63. The molecule has 2 rings (SSSR count).